The summed E-state index contributed by atoms with van der Waals surface area (Å²) in [5.41, 5.74) is -0.0686. The van der Waals surface area contributed by atoms with Crippen molar-refractivity contribution in [3.63, 3.8) is 0 Å². The van der Waals surface area contributed by atoms with Gasteiger partial charge < -0.3 is 0 Å². The lowest BCUT2D eigenvalue weighted by Gasteiger charge is -1.97. The number of nitro groups is 1. The maximum absolute atomic E-state index is 12.5. The lowest BCUT2D eigenvalue weighted by molar-refractivity contribution is -0.385. The normalized spacial score (nSPS) is 11.5. The van der Waals surface area contributed by atoms with E-state index in [0.29, 0.717) is 5.02 Å². The molecule has 0 spiro atoms. The molecule has 0 aliphatic rings. The highest BCUT2D eigenvalue weighted by Gasteiger charge is 2.12. The first-order chi connectivity index (χ1) is 6.50. The van der Waals surface area contributed by atoms with Crippen molar-refractivity contribution in [3.05, 3.63) is 43.6 Å². The van der Waals surface area contributed by atoms with Crippen LogP contribution in [0.4, 0.5) is 10.1 Å². The SMILES string of the molecule is O=[N+]([O-])c1ccc(Cl)cc1/C=C(\F)Br. The van der Waals surface area contributed by atoms with Gasteiger partial charge in [-0.3, -0.25) is 10.1 Å². The monoisotopic (exact) mass is 279 g/mol. The largest absolute Gasteiger partial charge is 0.276 e. The van der Waals surface area contributed by atoms with Gasteiger partial charge in [0.2, 0.25) is 0 Å². The maximum atomic E-state index is 12.5. The molecule has 1 aromatic rings. The highest BCUT2D eigenvalue weighted by molar-refractivity contribution is 9.11. The second kappa shape index (κ2) is 4.52. The summed E-state index contributed by atoms with van der Waals surface area (Å²) in [7, 11) is 0. The lowest BCUT2D eigenvalue weighted by atomic mass is 10.2. The summed E-state index contributed by atoms with van der Waals surface area (Å²) in [6.07, 6.45) is 0.990. The average molecular weight is 280 g/mol. The Labute approximate surface area is 92.5 Å². The summed E-state index contributed by atoms with van der Waals surface area (Å²) < 4.78 is 11.8. The maximum Gasteiger partial charge on any atom is 0.276 e. The van der Waals surface area contributed by atoms with Crippen LogP contribution in [0.15, 0.2) is 22.9 Å². The summed E-state index contributed by atoms with van der Waals surface area (Å²) in [5, 5.41) is 10.8. The molecule has 6 heteroatoms. The number of hydrogen-bond donors (Lipinski definition) is 0. The molecule has 14 heavy (non-hydrogen) atoms. The van der Waals surface area contributed by atoms with Gasteiger partial charge in [-0.15, -0.1) is 0 Å². The Morgan fingerprint density at radius 2 is 2.29 bits per heavy atom. The van der Waals surface area contributed by atoms with Crippen LogP contribution in [0.25, 0.3) is 6.08 Å². The third-order valence-corrected chi connectivity index (χ3v) is 1.91. The topological polar surface area (TPSA) is 43.1 Å². The second-order valence-corrected chi connectivity index (χ2v) is 3.59. The molecule has 1 rings (SSSR count). The molecule has 0 heterocycles. The van der Waals surface area contributed by atoms with Crippen LogP contribution < -0.4 is 0 Å². The van der Waals surface area contributed by atoms with Crippen LogP contribution in [0.3, 0.4) is 0 Å². The van der Waals surface area contributed by atoms with Crippen LogP contribution in [0.2, 0.25) is 5.02 Å². The van der Waals surface area contributed by atoms with Gasteiger partial charge in [0.15, 0.2) is 4.74 Å². The molecule has 0 saturated carbocycles. The molecule has 0 radical (unpaired) electrons. The Morgan fingerprint density at radius 1 is 1.64 bits per heavy atom. The van der Waals surface area contributed by atoms with E-state index in [9.17, 15) is 14.5 Å². The van der Waals surface area contributed by atoms with E-state index in [2.05, 4.69) is 15.9 Å². The fourth-order valence-corrected chi connectivity index (χ4v) is 1.35. The van der Waals surface area contributed by atoms with Gasteiger partial charge in [-0.05, 0) is 34.1 Å². The van der Waals surface area contributed by atoms with Gasteiger partial charge in [0, 0.05) is 11.1 Å². The van der Waals surface area contributed by atoms with Crippen molar-refractivity contribution >= 4 is 39.3 Å². The molecule has 0 amide bonds. The van der Waals surface area contributed by atoms with Crippen molar-refractivity contribution in [2.24, 2.45) is 0 Å². The predicted octanol–water partition coefficient (Wildman–Crippen LogP) is 3.91. The van der Waals surface area contributed by atoms with E-state index < -0.39 is 9.66 Å². The van der Waals surface area contributed by atoms with Crippen LogP contribution in [0.5, 0.6) is 0 Å². The molecule has 0 aliphatic carbocycles. The summed E-state index contributed by atoms with van der Waals surface area (Å²) in [6.45, 7) is 0. The molecule has 0 N–H and O–H groups in total. The number of nitrogens with zero attached hydrogens (tertiary/aromatic N) is 1. The third-order valence-electron chi connectivity index (χ3n) is 1.45. The second-order valence-electron chi connectivity index (χ2n) is 2.39. The van der Waals surface area contributed by atoms with E-state index in [1.54, 1.807) is 0 Å². The first-order valence-electron chi connectivity index (χ1n) is 3.47. The molecular weight excluding hydrogens is 276 g/mol. The van der Waals surface area contributed by atoms with Gasteiger partial charge in [0.05, 0.1) is 10.5 Å². The zero-order chi connectivity index (χ0) is 10.7. The van der Waals surface area contributed by atoms with Crippen LogP contribution in [-0.2, 0) is 0 Å². The van der Waals surface area contributed by atoms with Crippen LogP contribution in [-0.4, -0.2) is 4.92 Å². The van der Waals surface area contributed by atoms with Crippen molar-refractivity contribution in [1.29, 1.82) is 0 Å². The first kappa shape index (κ1) is 11.1. The standard InChI is InChI=1S/C8H4BrClFNO2/c9-8(11)4-5-3-6(10)1-2-7(5)12(13)14/h1-4H/b8-4-. The first-order valence-corrected chi connectivity index (χ1v) is 4.64. The quantitative estimate of drug-likeness (QED) is 0.609. The average Bonchev–Trinajstić information content (AvgIpc) is 2.01. The third kappa shape index (κ3) is 2.78. The Morgan fingerprint density at radius 3 is 2.79 bits per heavy atom. The molecule has 3 nitrogen and oxygen atoms in total. The van der Waals surface area contributed by atoms with Crippen molar-refractivity contribution in [2.75, 3.05) is 0 Å². The minimum absolute atomic E-state index is 0.122. The van der Waals surface area contributed by atoms with E-state index in [0.717, 1.165) is 6.08 Å². The zero-order valence-electron chi connectivity index (χ0n) is 6.71. The van der Waals surface area contributed by atoms with Crippen molar-refractivity contribution < 1.29 is 9.31 Å². The van der Waals surface area contributed by atoms with Crippen molar-refractivity contribution in [3.8, 4) is 0 Å². The molecule has 0 fully saturated rings. The molecule has 0 atom stereocenters. The minimum atomic E-state index is -0.692. The number of hydrogen-bond acceptors (Lipinski definition) is 2. The van der Waals surface area contributed by atoms with Gasteiger partial charge in [-0.25, -0.2) is 0 Å². The highest BCUT2D eigenvalue weighted by atomic mass is 79.9. The highest BCUT2D eigenvalue weighted by Crippen LogP contribution is 2.26. The Hall–Kier alpha value is -0.940. The molecular formula is C8H4BrClFNO2. The number of rotatable bonds is 2. The van der Waals surface area contributed by atoms with E-state index in [-0.39, 0.29) is 11.3 Å². The lowest BCUT2D eigenvalue weighted by Crippen LogP contribution is -1.91. The molecule has 74 valence electrons. The summed E-state index contributed by atoms with van der Waals surface area (Å²) in [6, 6.07) is 3.92. The van der Waals surface area contributed by atoms with Crippen molar-refractivity contribution in [1.82, 2.24) is 0 Å². The predicted molar refractivity (Wildman–Crippen MR) is 56.1 cm³/mol. The molecule has 0 aromatic heterocycles. The molecule has 0 aliphatic heterocycles. The number of nitro benzene ring substituents is 1. The fourth-order valence-electron chi connectivity index (χ4n) is 0.925. The van der Waals surface area contributed by atoms with E-state index in [1.807, 2.05) is 0 Å². The molecule has 1 aromatic carbocycles. The van der Waals surface area contributed by atoms with Crippen molar-refractivity contribution in [2.45, 2.75) is 0 Å². The van der Waals surface area contributed by atoms with Crippen LogP contribution in [0.1, 0.15) is 5.56 Å². The summed E-state index contributed by atoms with van der Waals surface area (Å²) in [5.74, 6) is 0. The van der Waals surface area contributed by atoms with E-state index >= 15 is 0 Å². The van der Waals surface area contributed by atoms with E-state index in [1.165, 1.54) is 18.2 Å². The van der Waals surface area contributed by atoms with Gasteiger partial charge in [0.25, 0.3) is 5.69 Å². The zero-order valence-corrected chi connectivity index (χ0v) is 9.05. The van der Waals surface area contributed by atoms with Gasteiger partial charge in [-0.1, -0.05) is 11.6 Å². The Balaban J connectivity index is 3.30. The number of halogens is 3. The smallest absolute Gasteiger partial charge is 0.258 e. The van der Waals surface area contributed by atoms with Gasteiger partial charge >= 0.3 is 0 Å². The fraction of sp³-hybridized carbons (Fsp3) is 0. The Bertz CT molecular complexity index is 404. The molecule has 0 unspecified atom stereocenters. The van der Waals surface area contributed by atoms with E-state index in [4.69, 9.17) is 11.6 Å². The summed E-state index contributed by atoms with van der Waals surface area (Å²) in [4.78, 5) is 9.91. The Kier molecular flexibility index (Phi) is 3.60. The van der Waals surface area contributed by atoms with Gasteiger partial charge in [0.1, 0.15) is 0 Å². The minimum Gasteiger partial charge on any atom is -0.258 e. The number of benzene rings is 1. The van der Waals surface area contributed by atoms with Crippen LogP contribution in [0, 0.1) is 10.1 Å². The summed E-state index contributed by atoms with van der Waals surface area (Å²) >= 11 is 8.16. The van der Waals surface area contributed by atoms with Gasteiger partial charge in [-0.2, -0.15) is 4.39 Å². The van der Waals surface area contributed by atoms with Crippen LogP contribution >= 0.6 is 27.5 Å². The molecule has 0 saturated heterocycles. The molecule has 0 bridgehead atoms.